The number of aromatic nitrogens is 2. The van der Waals surface area contributed by atoms with Crippen LogP contribution in [0.15, 0.2) is 6.20 Å². The van der Waals surface area contributed by atoms with Gasteiger partial charge >= 0.3 is 0 Å². The van der Waals surface area contributed by atoms with Crippen LogP contribution < -0.4 is 4.90 Å². The zero-order valence-electron chi connectivity index (χ0n) is 12.4. The Balaban J connectivity index is 3.17. The molecule has 1 rings (SSSR count). The summed E-state index contributed by atoms with van der Waals surface area (Å²) in [5.74, 6) is 1.05. The zero-order valence-corrected chi connectivity index (χ0v) is 12.4. The summed E-state index contributed by atoms with van der Waals surface area (Å²) in [5, 5.41) is 9.50. The van der Waals surface area contributed by atoms with Gasteiger partial charge in [0.1, 0.15) is 5.82 Å². The van der Waals surface area contributed by atoms with Gasteiger partial charge < -0.3 is 10.0 Å². The van der Waals surface area contributed by atoms with Gasteiger partial charge in [-0.1, -0.05) is 20.8 Å². The minimum Gasteiger partial charge on any atom is -0.390 e. The molecule has 0 unspecified atom stereocenters. The van der Waals surface area contributed by atoms with E-state index in [0.29, 0.717) is 5.69 Å². The number of rotatable bonds is 5. The highest BCUT2D eigenvalue weighted by Crippen LogP contribution is 2.27. The molecule has 102 valence electrons. The van der Waals surface area contributed by atoms with E-state index in [-0.39, 0.29) is 18.1 Å². The largest absolute Gasteiger partial charge is 0.390 e. The van der Waals surface area contributed by atoms with Crippen molar-refractivity contribution in [2.24, 2.45) is 0 Å². The number of aliphatic hydroxyl groups excluding tert-OH is 1. The van der Waals surface area contributed by atoms with E-state index in [0.717, 1.165) is 17.9 Å². The summed E-state index contributed by atoms with van der Waals surface area (Å²) < 4.78 is 0. The normalized spacial score (nSPS) is 12.0. The third-order valence-electron chi connectivity index (χ3n) is 3.67. The molecule has 0 bridgehead atoms. The zero-order chi connectivity index (χ0) is 13.9. The molecule has 0 atom stereocenters. The van der Waals surface area contributed by atoms with Crippen LogP contribution in [0.2, 0.25) is 0 Å². The topological polar surface area (TPSA) is 49.2 Å². The molecule has 0 saturated carbocycles. The molecule has 18 heavy (non-hydrogen) atoms. The molecular formula is C14H25N3O. The van der Waals surface area contributed by atoms with Gasteiger partial charge in [-0.25, -0.2) is 9.97 Å². The van der Waals surface area contributed by atoms with Crippen molar-refractivity contribution in [3.05, 3.63) is 17.7 Å². The van der Waals surface area contributed by atoms with Gasteiger partial charge in [-0.15, -0.1) is 0 Å². The van der Waals surface area contributed by atoms with Gasteiger partial charge in [0.15, 0.2) is 0 Å². The molecular weight excluding hydrogens is 226 g/mol. The first kappa shape index (κ1) is 14.9. The smallest absolute Gasteiger partial charge is 0.131 e. The molecule has 0 radical (unpaired) electrons. The summed E-state index contributed by atoms with van der Waals surface area (Å²) >= 11 is 0. The van der Waals surface area contributed by atoms with Crippen molar-refractivity contribution in [2.45, 2.75) is 59.1 Å². The summed E-state index contributed by atoms with van der Waals surface area (Å²) in [7, 11) is 2.02. The fraction of sp³-hybridized carbons (Fsp3) is 0.714. The highest BCUT2D eigenvalue weighted by molar-refractivity contribution is 5.50. The van der Waals surface area contributed by atoms with Gasteiger partial charge in [0.25, 0.3) is 0 Å². The van der Waals surface area contributed by atoms with E-state index in [2.05, 4.69) is 49.5 Å². The molecule has 0 aliphatic heterocycles. The van der Waals surface area contributed by atoms with Crippen LogP contribution in [-0.2, 0) is 6.61 Å². The second kappa shape index (κ2) is 5.65. The van der Waals surface area contributed by atoms with Gasteiger partial charge in [-0.2, -0.15) is 0 Å². The molecule has 1 aromatic rings. The molecule has 1 heterocycles. The average molecular weight is 251 g/mol. The highest BCUT2D eigenvalue weighted by atomic mass is 16.3. The van der Waals surface area contributed by atoms with Crippen molar-refractivity contribution in [2.75, 3.05) is 11.9 Å². The Morgan fingerprint density at radius 3 is 2.44 bits per heavy atom. The van der Waals surface area contributed by atoms with Gasteiger partial charge in [-0.05, 0) is 20.3 Å². The van der Waals surface area contributed by atoms with Gasteiger partial charge in [-0.3, -0.25) is 0 Å². The van der Waals surface area contributed by atoms with Gasteiger partial charge in [0.05, 0.1) is 24.2 Å². The van der Waals surface area contributed by atoms with Crippen molar-refractivity contribution in [3.63, 3.8) is 0 Å². The third kappa shape index (κ3) is 2.99. The van der Waals surface area contributed by atoms with E-state index in [1.54, 1.807) is 0 Å². The maximum Gasteiger partial charge on any atom is 0.131 e. The monoisotopic (exact) mass is 251 g/mol. The van der Waals surface area contributed by atoms with E-state index in [1.165, 1.54) is 0 Å². The molecule has 4 heteroatoms. The summed E-state index contributed by atoms with van der Waals surface area (Å²) in [6.45, 7) is 10.5. The summed E-state index contributed by atoms with van der Waals surface area (Å²) in [6.07, 6.45) is 2.84. The number of anilines is 1. The predicted octanol–water partition coefficient (Wildman–Crippen LogP) is 2.72. The first-order valence-electron chi connectivity index (χ1n) is 6.54. The summed E-state index contributed by atoms with van der Waals surface area (Å²) in [6, 6.07) is 0. The number of nitrogens with zero attached hydrogens (tertiary/aromatic N) is 3. The van der Waals surface area contributed by atoms with Gasteiger partial charge in [0, 0.05) is 18.5 Å². The van der Waals surface area contributed by atoms with Crippen LogP contribution >= 0.6 is 0 Å². The molecule has 0 aromatic carbocycles. The molecule has 0 amide bonds. The molecule has 0 fully saturated rings. The van der Waals surface area contributed by atoms with Crippen molar-refractivity contribution >= 4 is 5.69 Å². The number of hydrogen-bond acceptors (Lipinski definition) is 4. The lowest BCUT2D eigenvalue weighted by molar-refractivity contribution is 0.275. The molecule has 4 nitrogen and oxygen atoms in total. The Hall–Kier alpha value is -1.16. The minimum atomic E-state index is -0.0539. The second-order valence-electron chi connectivity index (χ2n) is 5.60. The molecule has 0 aliphatic carbocycles. The van der Waals surface area contributed by atoms with E-state index >= 15 is 0 Å². The van der Waals surface area contributed by atoms with Crippen LogP contribution in [-0.4, -0.2) is 27.7 Å². The Morgan fingerprint density at radius 1 is 1.39 bits per heavy atom. The van der Waals surface area contributed by atoms with Crippen LogP contribution in [0.3, 0.4) is 0 Å². The second-order valence-corrected chi connectivity index (χ2v) is 5.60. The molecule has 1 N–H and O–H groups in total. The van der Waals surface area contributed by atoms with Crippen LogP contribution in [0, 0.1) is 0 Å². The van der Waals surface area contributed by atoms with E-state index < -0.39 is 0 Å². The fourth-order valence-corrected chi connectivity index (χ4v) is 1.66. The highest BCUT2D eigenvalue weighted by Gasteiger charge is 2.24. The maximum absolute atomic E-state index is 9.50. The number of aliphatic hydroxyl groups is 1. The Bertz CT molecular complexity index is 402. The lowest BCUT2D eigenvalue weighted by Crippen LogP contribution is -2.41. The molecule has 0 saturated heterocycles. The van der Waals surface area contributed by atoms with E-state index in [4.69, 9.17) is 0 Å². The molecule has 0 aliphatic rings. The standard InChI is InChI=1S/C14H25N3O/c1-7-14(4,5)17(6)12-8-15-13(10(2)3)16-11(12)9-18/h8,10,18H,7,9H2,1-6H3. The minimum absolute atomic E-state index is 0.0205. The van der Waals surface area contributed by atoms with Crippen LogP contribution in [0.4, 0.5) is 5.69 Å². The van der Waals surface area contributed by atoms with Crippen LogP contribution in [0.25, 0.3) is 0 Å². The predicted molar refractivity (Wildman–Crippen MR) is 74.8 cm³/mol. The summed E-state index contributed by atoms with van der Waals surface area (Å²) in [4.78, 5) is 11.0. The van der Waals surface area contributed by atoms with Crippen molar-refractivity contribution in [3.8, 4) is 0 Å². The van der Waals surface area contributed by atoms with Crippen LogP contribution in [0.5, 0.6) is 0 Å². The van der Waals surface area contributed by atoms with Gasteiger partial charge in [0.2, 0.25) is 0 Å². The van der Waals surface area contributed by atoms with Crippen molar-refractivity contribution in [1.82, 2.24) is 9.97 Å². The van der Waals surface area contributed by atoms with Crippen molar-refractivity contribution < 1.29 is 5.11 Å². The third-order valence-corrected chi connectivity index (χ3v) is 3.67. The Labute approximate surface area is 110 Å². The quantitative estimate of drug-likeness (QED) is 0.874. The first-order valence-corrected chi connectivity index (χ1v) is 6.54. The number of hydrogen-bond donors (Lipinski definition) is 1. The Kier molecular flexibility index (Phi) is 4.68. The van der Waals surface area contributed by atoms with Crippen molar-refractivity contribution in [1.29, 1.82) is 0 Å². The average Bonchev–Trinajstić information content (AvgIpc) is 2.36. The summed E-state index contributed by atoms with van der Waals surface area (Å²) in [5.41, 5.74) is 1.64. The lowest BCUT2D eigenvalue weighted by atomic mass is 9.99. The first-order chi connectivity index (χ1) is 8.33. The molecule has 1 aromatic heterocycles. The SMILES string of the molecule is CCC(C)(C)N(C)c1cnc(C(C)C)nc1CO. The van der Waals surface area contributed by atoms with E-state index in [9.17, 15) is 5.11 Å². The van der Waals surface area contributed by atoms with E-state index in [1.807, 2.05) is 13.2 Å². The fourth-order valence-electron chi connectivity index (χ4n) is 1.66. The lowest BCUT2D eigenvalue weighted by Gasteiger charge is -2.37. The van der Waals surface area contributed by atoms with Crippen LogP contribution in [0.1, 0.15) is 58.5 Å². The Morgan fingerprint density at radius 2 is 2.00 bits per heavy atom. The molecule has 0 spiro atoms. The maximum atomic E-state index is 9.50.